The Hall–Kier alpha value is -1.50. The van der Waals surface area contributed by atoms with Crippen LogP contribution in [0.5, 0.6) is 0 Å². The first-order chi connectivity index (χ1) is 10.7. The summed E-state index contributed by atoms with van der Waals surface area (Å²) in [6, 6.07) is 10.8. The third kappa shape index (κ3) is 7.07. The Balaban J connectivity index is 0.00000264. The molecule has 2 rings (SSSR count). The van der Waals surface area contributed by atoms with Crippen LogP contribution in [0.1, 0.15) is 16.7 Å². The number of hydrogen-bond acceptors (Lipinski definition) is 1. The minimum atomic E-state index is 0. The van der Waals surface area contributed by atoms with Crippen LogP contribution in [-0.2, 0) is 13.0 Å². The van der Waals surface area contributed by atoms with E-state index in [4.69, 9.17) is 0 Å². The van der Waals surface area contributed by atoms with Crippen molar-refractivity contribution in [1.29, 1.82) is 0 Å². The molecule has 2 N–H and O–H groups in total. The molecule has 0 bridgehead atoms. The molecule has 5 heteroatoms. The summed E-state index contributed by atoms with van der Waals surface area (Å²) >= 11 is 0. The van der Waals surface area contributed by atoms with Gasteiger partial charge in [-0.2, -0.15) is 0 Å². The number of halogens is 1. The number of guanidine groups is 1. The highest BCUT2D eigenvalue weighted by atomic mass is 127. The maximum atomic E-state index is 4.26. The van der Waals surface area contributed by atoms with E-state index in [9.17, 15) is 0 Å². The van der Waals surface area contributed by atoms with Gasteiger partial charge in [0.15, 0.2) is 5.96 Å². The van der Waals surface area contributed by atoms with Crippen LogP contribution in [0.2, 0.25) is 0 Å². The van der Waals surface area contributed by atoms with E-state index < -0.39 is 0 Å². The fourth-order valence-corrected chi connectivity index (χ4v) is 2.58. The lowest BCUT2D eigenvalue weighted by Gasteiger charge is -2.12. The highest BCUT2D eigenvalue weighted by molar-refractivity contribution is 14.0. The van der Waals surface area contributed by atoms with Gasteiger partial charge >= 0.3 is 0 Å². The van der Waals surface area contributed by atoms with Gasteiger partial charge in [0.1, 0.15) is 0 Å². The highest BCUT2D eigenvalue weighted by Crippen LogP contribution is 2.08. The monoisotopic (exact) mass is 426 g/mol. The molecule has 0 amide bonds. The van der Waals surface area contributed by atoms with E-state index >= 15 is 0 Å². The zero-order valence-electron chi connectivity index (χ0n) is 14.2. The molecule has 1 aromatic carbocycles. The van der Waals surface area contributed by atoms with E-state index in [0.717, 1.165) is 32.0 Å². The molecular weight excluding hydrogens is 399 g/mol. The Bertz CT molecular complexity index is 585. The zero-order valence-corrected chi connectivity index (χ0v) is 16.5. The van der Waals surface area contributed by atoms with Crippen molar-refractivity contribution in [3.8, 4) is 0 Å². The van der Waals surface area contributed by atoms with Crippen LogP contribution in [-0.4, -0.2) is 30.7 Å². The van der Waals surface area contributed by atoms with Gasteiger partial charge in [0.25, 0.3) is 0 Å². The highest BCUT2D eigenvalue weighted by Gasteiger charge is 1.99. The van der Waals surface area contributed by atoms with Crippen molar-refractivity contribution in [2.45, 2.75) is 26.8 Å². The average Bonchev–Trinajstić information content (AvgIpc) is 2.98. The second-order valence-corrected chi connectivity index (χ2v) is 5.59. The molecule has 0 spiro atoms. The Kier molecular flexibility index (Phi) is 8.76. The molecule has 0 unspecified atom stereocenters. The van der Waals surface area contributed by atoms with E-state index in [-0.39, 0.29) is 24.0 Å². The van der Waals surface area contributed by atoms with E-state index in [1.807, 2.05) is 19.2 Å². The zero-order chi connectivity index (χ0) is 15.8. The summed E-state index contributed by atoms with van der Waals surface area (Å²) in [6.45, 7) is 6.96. The summed E-state index contributed by atoms with van der Waals surface area (Å²) in [7, 11) is 1.81. The smallest absolute Gasteiger partial charge is 0.191 e. The van der Waals surface area contributed by atoms with Gasteiger partial charge in [-0.05, 0) is 38.0 Å². The maximum absolute atomic E-state index is 4.26. The number of benzene rings is 1. The minimum absolute atomic E-state index is 0. The normalized spacial score (nSPS) is 11.0. The number of rotatable bonds is 6. The number of nitrogens with zero attached hydrogens (tertiary/aromatic N) is 2. The van der Waals surface area contributed by atoms with E-state index in [1.165, 1.54) is 16.7 Å². The van der Waals surface area contributed by atoms with Crippen molar-refractivity contribution in [3.05, 3.63) is 59.4 Å². The van der Waals surface area contributed by atoms with E-state index in [1.54, 1.807) is 0 Å². The predicted octanol–water partition coefficient (Wildman–Crippen LogP) is 3.13. The van der Waals surface area contributed by atoms with Crippen LogP contribution >= 0.6 is 24.0 Å². The molecule has 2 aromatic rings. The molecule has 0 fully saturated rings. The molecule has 1 heterocycles. The van der Waals surface area contributed by atoms with Gasteiger partial charge in [0.2, 0.25) is 0 Å². The Morgan fingerprint density at radius 1 is 1.00 bits per heavy atom. The number of nitrogens with one attached hydrogen (secondary N) is 2. The van der Waals surface area contributed by atoms with Gasteiger partial charge in [-0.25, -0.2) is 0 Å². The van der Waals surface area contributed by atoms with Crippen LogP contribution in [0, 0.1) is 13.8 Å². The topological polar surface area (TPSA) is 41.4 Å². The van der Waals surface area contributed by atoms with Crippen LogP contribution in [0.3, 0.4) is 0 Å². The third-order valence-corrected chi connectivity index (χ3v) is 3.54. The largest absolute Gasteiger partial charge is 0.356 e. The summed E-state index contributed by atoms with van der Waals surface area (Å²) in [5.41, 5.74) is 4.02. The van der Waals surface area contributed by atoms with Crippen LogP contribution < -0.4 is 10.6 Å². The average molecular weight is 426 g/mol. The summed E-state index contributed by atoms with van der Waals surface area (Å²) in [5, 5.41) is 6.70. The molecule has 0 saturated heterocycles. The predicted molar refractivity (Wildman–Crippen MR) is 109 cm³/mol. The van der Waals surface area contributed by atoms with Gasteiger partial charge in [-0.15, -0.1) is 24.0 Å². The minimum Gasteiger partial charge on any atom is -0.356 e. The van der Waals surface area contributed by atoms with Crippen molar-refractivity contribution in [2.75, 3.05) is 20.1 Å². The second-order valence-electron chi connectivity index (χ2n) is 5.59. The summed E-state index contributed by atoms with van der Waals surface area (Å²) in [4.78, 5) is 4.26. The molecule has 0 aliphatic heterocycles. The fraction of sp³-hybridized carbons (Fsp3) is 0.389. The lowest BCUT2D eigenvalue weighted by atomic mass is 10.1. The van der Waals surface area contributed by atoms with Crippen molar-refractivity contribution in [2.24, 2.45) is 4.99 Å². The third-order valence-electron chi connectivity index (χ3n) is 3.54. The first-order valence-electron chi connectivity index (χ1n) is 7.80. The Morgan fingerprint density at radius 3 is 2.22 bits per heavy atom. The molecule has 1 aromatic heterocycles. The lowest BCUT2D eigenvalue weighted by Crippen LogP contribution is -2.39. The van der Waals surface area contributed by atoms with Gasteiger partial charge in [-0.1, -0.05) is 29.3 Å². The van der Waals surface area contributed by atoms with Gasteiger partial charge < -0.3 is 15.2 Å². The number of aliphatic imine (C=N–C) groups is 1. The first kappa shape index (κ1) is 19.5. The van der Waals surface area contributed by atoms with Crippen molar-refractivity contribution in [1.82, 2.24) is 15.2 Å². The first-order valence-corrected chi connectivity index (χ1v) is 7.80. The van der Waals surface area contributed by atoms with Crippen LogP contribution in [0.4, 0.5) is 0 Å². The van der Waals surface area contributed by atoms with Gasteiger partial charge in [0.05, 0.1) is 0 Å². The van der Waals surface area contributed by atoms with Crippen molar-refractivity contribution >= 4 is 29.9 Å². The Morgan fingerprint density at radius 2 is 1.61 bits per heavy atom. The number of aromatic nitrogens is 1. The molecule has 0 aliphatic carbocycles. The van der Waals surface area contributed by atoms with Gasteiger partial charge in [0, 0.05) is 39.1 Å². The molecule has 23 heavy (non-hydrogen) atoms. The Labute approximate surface area is 156 Å². The second kappa shape index (κ2) is 10.3. The summed E-state index contributed by atoms with van der Waals surface area (Å²) < 4.78 is 2.15. The molecular formula is C18H27IN4. The SMILES string of the molecule is CN=C(NCCc1cc(C)cc(C)c1)NCCn1cccc1.I. The maximum Gasteiger partial charge on any atom is 0.191 e. The molecule has 0 aliphatic rings. The van der Waals surface area contributed by atoms with E-state index in [2.05, 4.69) is 64.6 Å². The number of aryl methyl sites for hydroxylation is 2. The molecule has 126 valence electrons. The van der Waals surface area contributed by atoms with E-state index in [0.29, 0.717) is 0 Å². The fourth-order valence-electron chi connectivity index (χ4n) is 2.58. The number of hydrogen-bond donors (Lipinski definition) is 2. The summed E-state index contributed by atoms with van der Waals surface area (Å²) in [6.07, 6.45) is 5.14. The van der Waals surface area contributed by atoms with Crippen LogP contribution in [0.15, 0.2) is 47.7 Å². The molecule has 4 nitrogen and oxygen atoms in total. The quantitative estimate of drug-likeness (QED) is 0.424. The van der Waals surface area contributed by atoms with Crippen molar-refractivity contribution in [3.63, 3.8) is 0 Å². The van der Waals surface area contributed by atoms with Crippen molar-refractivity contribution < 1.29 is 0 Å². The summed E-state index contributed by atoms with van der Waals surface area (Å²) in [5.74, 6) is 0.858. The van der Waals surface area contributed by atoms with Gasteiger partial charge in [-0.3, -0.25) is 4.99 Å². The molecule has 0 atom stereocenters. The molecule has 0 saturated carbocycles. The standard InChI is InChI=1S/C18H26N4.HI/c1-15-12-16(2)14-17(13-15)6-7-20-18(19-3)21-8-11-22-9-4-5-10-22;/h4-5,9-10,12-14H,6-8,11H2,1-3H3,(H2,19,20,21);1H. The van der Waals surface area contributed by atoms with Crippen LogP contribution in [0.25, 0.3) is 0 Å². The lowest BCUT2D eigenvalue weighted by molar-refractivity contribution is 0.665. The molecule has 0 radical (unpaired) electrons.